The summed E-state index contributed by atoms with van der Waals surface area (Å²) in [6.45, 7) is 8.20. The molecule has 3 aliphatic rings. The number of anilines is 3. The zero-order chi connectivity index (χ0) is 38.8. The zero-order valence-corrected chi connectivity index (χ0v) is 33.5. The van der Waals surface area contributed by atoms with Gasteiger partial charge in [-0.15, -0.1) is 12.4 Å². The predicted octanol–water partition coefficient (Wildman–Crippen LogP) is 7.45. The maximum atomic E-state index is 16.3. The Labute approximate surface area is 339 Å². The minimum Gasteiger partial charge on any atom is -0.444 e. The van der Waals surface area contributed by atoms with Crippen LogP contribution in [0.4, 0.5) is 26.2 Å². The highest BCUT2D eigenvalue weighted by Gasteiger charge is 2.31. The quantitative estimate of drug-likeness (QED) is 0.131. The molecule has 1 aliphatic carbocycles. The van der Waals surface area contributed by atoms with Crippen LogP contribution in [0.5, 0.6) is 0 Å². The Morgan fingerprint density at radius 1 is 0.912 bits per heavy atom. The van der Waals surface area contributed by atoms with Gasteiger partial charge in [0, 0.05) is 91.8 Å². The number of alkyl carbamates (subject to hydrolysis) is 1. The van der Waals surface area contributed by atoms with Crippen molar-refractivity contribution in [3.8, 4) is 0 Å². The third kappa shape index (κ3) is 9.51. The number of halogens is 2. The molecule has 57 heavy (non-hydrogen) atoms. The number of fused-ring (bicyclic) bond motifs is 1. The lowest BCUT2D eigenvalue weighted by Crippen LogP contribution is -2.48. The Balaban J connectivity index is 0.00000496. The summed E-state index contributed by atoms with van der Waals surface area (Å²) in [4.78, 5) is 42.9. The SMILES string of the molecule is Cc1ccc(N2CCC[C@H](N(Cc3ccnc(C)c3)Cc3cn(C4CC4)c4cc(N5CCC[C@H](OC(=O)NCc6ccc(N)cc6)C5)c(F)cc4c3=O)C2)cn1.Cl. The number of aryl methyl sites for hydroxylation is 2. The summed E-state index contributed by atoms with van der Waals surface area (Å²) in [7, 11) is 0. The van der Waals surface area contributed by atoms with Gasteiger partial charge in [0.1, 0.15) is 11.9 Å². The van der Waals surface area contributed by atoms with Crippen LogP contribution >= 0.6 is 12.4 Å². The number of nitrogen functional groups attached to an aromatic ring is 1. The highest BCUT2D eigenvalue weighted by molar-refractivity contribution is 5.85. The molecule has 0 radical (unpaired) electrons. The molecule has 2 aliphatic heterocycles. The number of piperidine rings is 2. The molecule has 2 atom stereocenters. The van der Waals surface area contributed by atoms with Crippen LogP contribution in [0.15, 0.2) is 84.0 Å². The Hall–Kier alpha value is -5.20. The Kier molecular flexibility index (Phi) is 12.3. The highest BCUT2D eigenvalue weighted by atomic mass is 35.5. The van der Waals surface area contributed by atoms with Crippen molar-refractivity contribution in [2.24, 2.45) is 0 Å². The number of carbonyl (C=O) groups is 1. The average molecular weight is 795 g/mol. The first-order valence-corrected chi connectivity index (χ1v) is 19.9. The molecule has 5 aromatic rings. The lowest BCUT2D eigenvalue weighted by molar-refractivity contribution is 0.0879. The monoisotopic (exact) mass is 794 g/mol. The van der Waals surface area contributed by atoms with Gasteiger partial charge >= 0.3 is 6.09 Å². The number of nitrogens with one attached hydrogen (secondary N) is 1. The topological polar surface area (TPSA) is 122 Å². The lowest BCUT2D eigenvalue weighted by atomic mass is 10.0. The van der Waals surface area contributed by atoms with Crippen LogP contribution in [-0.2, 0) is 24.4 Å². The number of nitrogens with two attached hydrogens (primary N) is 1. The van der Waals surface area contributed by atoms with Crippen molar-refractivity contribution in [2.45, 2.75) is 90.2 Å². The van der Waals surface area contributed by atoms with E-state index in [1.165, 1.54) is 6.07 Å². The molecular formula is C44H52ClFN8O3. The van der Waals surface area contributed by atoms with Gasteiger partial charge in [-0.25, -0.2) is 9.18 Å². The van der Waals surface area contributed by atoms with Crippen molar-refractivity contribution in [3.05, 3.63) is 123 Å². The van der Waals surface area contributed by atoms with Gasteiger partial charge in [0.2, 0.25) is 0 Å². The van der Waals surface area contributed by atoms with E-state index in [2.05, 4.69) is 53.9 Å². The number of nitrogens with zero attached hydrogens (tertiary/aromatic N) is 6. The molecule has 3 N–H and O–H groups in total. The highest BCUT2D eigenvalue weighted by Crippen LogP contribution is 2.39. The van der Waals surface area contributed by atoms with Crippen LogP contribution in [0.3, 0.4) is 0 Å². The van der Waals surface area contributed by atoms with Crippen LogP contribution in [0.25, 0.3) is 10.9 Å². The predicted molar refractivity (Wildman–Crippen MR) is 226 cm³/mol. The zero-order valence-electron chi connectivity index (χ0n) is 32.7. The number of hydrogen-bond acceptors (Lipinski definition) is 9. The van der Waals surface area contributed by atoms with Crippen LogP contribution in [0, 0.1) is 19.7 Å². The number of ether oxygens (including phenoxy) is 1. The summed E-state index contributed by atoms with van der Waals surface area (Å²) in [6.07, 6.45) is 10.4. The molecule has 0 bridgehead atoms. The van der Waals surface area contributed by atoms with Crippen molar-refractivity contribution in [2.75, 3.05) is 41.7 Å². The van der Waals surface area contributed by atoms with E-state index in [-0.39, 0.29) is 29.9 Å². The first-order valence-electron chi connectivity index (χ1n) is 19.9. The minimum absolute atomic E-state index is 0. The number of hydrogen-bond donors (Lipinski definition) is 2. The van der Waals surface area contributed by atoms with E-state index in [9.17, 15) is 9.59 Å². The molecule has 13 heteroatoms. The third-order valence-corrected chi connectivity index (χ3v) is 11.4. The Bertz CT molecular complexity index is 2250. The minimum atomic E-state index is -0.510. The van der Waals surface area contributed by atoms with E-state index >= 15 is 4.39 Å². The van der Waals surface area contributed by atoms with Gasteiger partial charge in [0.05, 0.1) is 29.6 Å². The summed E-state index contributed by atoms with van der Waals surface area (Å²) < 4.78 is 24.2. The fraction of sp³-hybridized carbons (Fsp3) is 0.409. The summed E-state index contributed by atoms with van der Waals surface area (Å²) in [6, 6.07) is 19.4. The number of rotatable bonds is 11. The number of carbonyl (C=O) groups excluding carboxylic acids is 1. The standard InChI is InChI=1S/C44H51FN8O3.ClH/c1-29-7-12-36(23-48-29)50-17-3-5-37(27-50)52(24-32-15-16-47-30(2)19-32)25-33-26-53(35-13-14-35)41-21-42(40(45)20-39(41)43(33)54)51-18-4-6-38(28-51)56-44(55)49-22-31-8-10-34(46)11-9-31;/h7-12,15-16,19-21,23,26,35,37-38H,3-6,13-14,17-18,22,24-25,27-28,46H2,1-2H3,(H,49,55);1H/t37-,38-;/m0./s1. The lowest BCUT2D eigenvalue weighted by Gasteiger charge is -2.40. The molecule has 2 saturated heterocycles. The molecule has 1 saturated carbocycles. The van der Waals surface area contributed by atoms with Crippen molar-refractivity contribution in [1.29, 1.82) is 0 Å². The summed E-state index contributed by atoms with van der Waals surface area (Å²) in [5, 5.41) is 3.21. The third-order valence-electron chi connectivity index (χ3n) is 11.4. The van der Waals surface area contributed by atoms with Gasteiger partial charge in [0.25, 0.3) is 0 Å². The number of benzene rings is 2. The van der Waals surface area contributed by atoms with Gasteiger partial charge in [0.15, 0.2) is 5.43 Å². The largest absolute Gasteiger partial charge is 0.444 e. The fourth-order valence-electron chi connectivity index (χ4n) is 8.29. The first-order chi connectivity index (χ1) is 27.2. The molecule has 0 unspecified atom stereocenters. The molecular weight excluding hydrogens is 743 g/mol. The Morgan fingerprint density at radius 2 is 1.70 bits per heavy atom. The van der Waals surface area contributed by atoms with Crippen molar-refractivity contribution < 1.29 is 13.9 Å². The van der Waals surface area contributed by atoms with Crippen LogP contribution in [0.2, 0.25) is 0 Å². The van der Waals surface area contributed by atoms with Crippen molar-refractivity contribution in [1.82, 2.24) is 24.8 Å². The molecule has 1 amide bonds. The van der Waals surface area contributed by atoms with Gasteiger partial charge in [-0.1, -0.05) is 12.1 Å². The summed E-state index contributed by atoms with van der Waals surface area (Å²) in [5.41, 5.74) is 13.3. The second kappa shape index (κ2) is 17.5. The number of pyridine rings is 3. The van der Waals surface area contributed by atoms with Crippen molar-refractivity contribution in [3.63, 3.8) is 0 Å². The van der Waals surface area contributed by atoms with E-state index in [0.29, 0.717) is 61.5 Å². The summed E-state index contributed by atoms with van der Waals surface area (Å²) in [5.74, 6) is -0.443. The van der Waals surface area contributed by atoms with Crippen LogP contribution < -0.4 is 26.3 Å². The smallest absolute Gasteiger partial charge is 0.407 e. The van der Waals surface area contributed by atoms with Crippen molar-refractivity contribution >= 4 is 46.5 Å². The molecule has 3 fully saturated rings. The van der Waals surface area contributed by atoms with Gasteiger partial charge in [-0.05, 0) is 112 Å². The summed E-state index contributed by atoms with van der Waals surface area (Å²) >= 11 is 0. The maximum Gasteiger partial charge on any atom is 0.407 e. The van der Waals surface area contributed by atoms with E-state index in [1.807, 2.05) is 55.5 Å². The molecule has 3 aromatic heterocycles. The van der Waals surface area contributed by atoms with Gasteiger partial charge in [-0.3, -0.25) is 19.7 Å². The maximum absolute atomic E-state index is 16.3. The second-order valence-corrected chi connectivity index (χ2v) is 15.8. The van der Waals surface area contributed by atoms with Gasteiger partial charge < -0.3 is 30.2 Å². The molecule has 0 spiro atoms. The fourth-order valence-corrected chi connectivity index (χ4v) is 8.29. The normalized spacial score (nSPS) is 18.4. The van der Waals surface area contributed by atoms with E-state index in [1.54, 1.807) is 12.1 Å². The molecule has 2 aromatic carbocycles. The Morgan fingerprint density at radius 3 is 2.46 bits per heavy atom. The number of amides is 1. The van der Waals surface area contributed by atoms with Gasteiger partial charge in [-0.2, -0.15) is 0 Å². The van der Waals surface area contributed by atoms with Crippen LogP contribution in [-0.4, -0.2) is 63.9 Å². The van der Waals surface area contributed by atoms with E-state index in [0.717, 1.165) is 78.9 Å². The molecule has 11 nitrogen and oxygen atoms in total. The first kappa shape index (κ1) is 40.0. The molecule has 8 rings (SSSR count). The molecule has 5 heterocycles. The molecule has 300 valence electrons. The second-order valence-electron chi connectivity index (χ2n) is 15.8. The number of aromatic nitrogens is 3. The van der Waals surface area contributed by atoms with E-state index < -0.39 is 18.0 Å². The van der Waals surface area contributed by atoms with Crippen LogP contribution in [0.1, 0.15) is 72.6 Å². The average Bonchev–Trinajstić information content (AvgIpc) is 4.05. The van der Waals surface area contributed by atoms with E-state index in [4.69, 9.17) is 10.5 Å².